The third-order valence-corrected chi connectivity index (χ3v) is 6.85. The predicted octanol–water partition coefficient (Wildman–Crippen LogP) is 3.14. The molecule has 0 aliphatic carbocycles. The molecule has 4 rings (SSSR count). The van der Waals surface area contributed by atoms with Gasteiger partial charge in [0, 0.05) is 44.7 Å². The highest BCUT2D eigenvalue weighted by Gasteiger charge is 2.28. The van der Waals surface area contributed by atoms with Crippen molar-refractivity contribution in [1.29, 1.82) is 0 Å². The Labute approximate surface area is 207 Å². The molecule has 1 atom stereocenters. The number of nitrogens with zero attached hydrogens (tertiary/aromatic N) is 2. The van der Waals surface area contributed by atoms with Gasteiger partial charge in [-0.05, 0) is 42.2 Å². The number of likely N-dealkylation sites (tertiary alicyclic amines) is 1. The molecular weight excluding hydrogens is 442 g/mol. The van der Waals surface area contributed by atoms with E-state index >= 15 is 0 Å². The number of methoxy groups -OCH3 is 1. The van der Waals surface area contributed by atoms with Crippen molar-refractivity contribution in [2.24, 2.45) is 5.92 Å². The van der Waals surface area contributed by atoms with E-state index in [2.05, 4.69) is 22.3 Å². The van der Waals surface area contributed by atoms with Crippen molar-refractivity contribution < 1.29 is 19.1 Å². The van der Waals surface area contributed by atoms with E-state index in [1.807, 2.05) is 53.4 Å². The number of nitrogens with one attached hydrogen (secondary N) is 1. The molecule has 2 aliphatic heterocycles. The van der Waals surface area contributed by atoms with Crippen molar-refractivity contribution in [2.45, 2.75) is 18.9 Å². The minimum Gasteiger partial charge on any atom is -0.497 e. The van der Waals surface area contributed by atoms with Crippen molar-refractivity contribution >= 4 is 17.9 Å². The molecule has 2 amide bonds. The molecular formula is C28H35N3O4. The third-order valence-electron chi connectivity index (χ3n) is 6.85. The summed E-state index contributed by atoms with van der Waals surface area (Å²) in [5.41, 5.74) is 2.15. The number of rotatable bonds is 8. The largest absolute Gasteiger partial charge is 0.497 e. The Balaban J connectivity index is 1.29. The molecule has 2 aliphatic rings. The van der Waals surface area contributed by atoms with Crippen LogP contribution >= 0.6 is 0 Å². The van der Waals surface area contributed by atoms with E-state index < -0.39 is 0 Å². The number of benzene rings is 2. The van der Waals surface area contributed by atoms with Crippen LogP contribution in [0.4, 0.5) is 0 Å². The molecule has 2 aromatic rings. The van der Waals surface area contributed by atoms with Gasteiger partial charge in [0.15, 0.2) is 0 Å². The normalized spacial score (nSPS) is 18.4. The summed E-state index contributed by atoms with van der Waals surface area (Å²) < 4.78 is 10.8. The zero-order chi connectivity index (χ0) is 24.5. The van der Waals surface area contributed by atoms with Gasteiger partial charge in [-0.1, -0.05) is 42.5 Å². The van der Waals surface area contributed by atoms with E-state index in [4.69, 9.17) is 9.47 Å². The summed E-state index contributed by atoms with van der Waals surface area (Å²) in [5, 5.41) is 3.20. The number of ether oxygens (including phenoxy) is 2. The number of amides is 2. The second-order valence-corrected chi connectivity index (χ2v) is 9.03. The van der Waals surface area contributed by atoms with Crippen molar-refractivity contribution in [3.05, 3.63) is 71.8 Å². The summed E-state index contributed by atoms with van der Waals surface area (Å²) in [6.07, 6.45) is 4.83. The van der Waals surface area contributed by atoms with E-state index in [9.17, 15) is 9.59 Å². The molecule has 7 nitrogen and oxygen atoms in total. The van der Waals surface area contributed by atoms with Crippen LogP contribution in [-0.4, -0.2) is 74.7 Å². The van der Waals surface area contributed by atoms with Gasteiger partial charge in [-0.3, -0.25) is 14.5 Å². The molecule has 2 aromatic carbocycles. The van der Waals surface area contributed by atoms with E-state index in [1.54, 1.807) is 13.2 Å². The average Bonchev–Trinajstić information content (AvgIpc) is 2.93. The second kappa shape index (κ2) is 12.5. The van der Waals surface area contributed by atoms with Gasteiger partial charge in [-0.15, -0.1) is 0 Å². The van der Waals surface area contributed by atoms with Gasteiger partial charge < -0.3 is 19.7 Å². The first kappa shape index (κ1) is 24.9. The first-order valence-electron chi connectivity index (χ1n) is 12.4. The third kappa shape index (κ3) is 6.93. The number of morpholine rings is 1. The highest BCUT2D eigenvalue weighted by Crippen LogP contribution is 2.24. The van der Waals surface area contributed by atoms with E-state index in [0.29, 0.717) is 45.7 Å². The number of piperidine rings is 1. The van der Waals surface area contributed by atoms with Crippen molar-refractivity contribution in [2.75, 3.05) is 53.0 Å². The Hall–Kier alpha value is -3.16. The molecule has 2 heterocycles. The highest BCUT2D eigenvalue weighted by molar-refractivity contribution is 5.92. The molecule has 7 heteroatoms. The van der Waals surface area contributed by atoms with Gasteiger partial charge >= 0.3 is 0 Å². The minimum absolute atomic E-state index is 0.000372. The van der Waals surface area contributed by atoms with Crippen LogP contribution < -0.4 is 10.1 Å². The summed E-state index contributed by atoms with van der Waals surface area (Å²) in [7, 11) is 1.66. The van der Waals surface area contributed by atoms with Crippen molar-refractivity contribution in [1.82, 2.24) is 15.1 Å². The summed E-state index contributed by atoms with van der Waals surface area (Å²) >= 11 is 0. The fourth-order valence-electron chi connectivity index (χ4n) is 4.71. The van der Waals surface area contributed by atoms with Crippen molar-refractivity contribution in [3.8, 4) is 5.75 Å². The number of carbonyl (C=O) groups excluding carboxylic acids is 2. The maximum atomic E-state index is 13.0. The first-order chi connectivity index (χ1) is 17.1. The van der Waals surface area contributed by atoms with Gasteiger partial charge in [-0.25, -0.2) is 0 Å². The molecule has 186 valence electrons. The summed E-state index contributed by atoms with van der Waals surface area (Å²) in [4.78, 5) is 29.8. The van der Waals surface area contributed by atoms with Crippen LogP contribution in [0, 0.1) is 5.92 Å². The monoisotopic (exact) mass is 477 g/mol. The van der Waals surface area contributed by atoms with Crippen LogP contribution in [0.2, 0.25) is 0 Å². The molecule has 2 saturated heterocycles. The van der Waals surface area contributed by atoms with E-state index in [-0.39, 0.29) is 23.8 Å². The molecule has 0 aromatic heterocycles. The quantitative estimate of drug-likeness (QED) is 0.592. The second-order valence-electron chi connectivity index (χ2n) is 9.03. The van der Waals surface area contributed by atoms with Crippen LogP contribution in [0.3, 0.4) is 0 Å². The molecule has 1 N–H and O–H groups in total. The molecule has 0 spiro atoms. The minimum atomic E-state index is -0.0710. The fraction of sp³-hybridized carbons (Fsp3) is 0.429. The number of carbonyl (C=O) groups is 2. The zero-order valence-electron chi connectivity index (χ0n) is 20.4. The Morgan fingerprint density at radius 2 is 1.71 bits per heavy atom. The molecule has 0 unspecified atom stereocenters. The van der Waals surface area contributed by atoms with Crippen molar-refractivity contribution in [3.63, 3.8) is 0 Å². The molecule has 2 fully saturated rings. The number of hydrogen-bond donors (Lipinski definition) is 1. The molecule has 35 heavy (non-hydrogen) atoms. The molecule has 0 saturated carbocycles. The van der Waals surface area contributed by atoms with Crippen LogP contribution in [0.25, 0.3) is 6.08 Å². The summed E-state index contributed by atoms with van der Waals surface area (Å²) in [6.45, 7) is 4.82. The zero-order valence-corrected chi connectivity index (χ0v) is 20.4. The summed E-state index contributed by atoms with van der Waals surface area (Å²) in [5.74, 6) is 0.820. The summed E-state index contributed by atoms with van der Waals surface area (Å²) in [6, 6.07) is 17.9. The van der Waals surface area contributed by atoms with Gasteiger partial charge in [-0.2, -0.15) is 0 Å². The fourth-order valence-corrected chi connectivity index (χ4v) is 4.71. The van der Waals surface area contributed by atoms with Gasteiger partial charge in [0.05, 0.1) is 26.4 Å². The lowest BCUT2D eigenvalue weighted by Gasteiger charge is -2.36. The highest BCUT2D eigenvalue weighted by atomic mass is 16.5. The van der Waals surface area contributed by atoms with E-state index in [1.165, 1.54) is 0 Å². The predicted molar refractivity (Wildman–Crippen MR) is 136 cm³/mol. The number of hydrogen-bond acceptors (Lipinski definition) is 5. The average molecular weight is 478 g/mol. The van der Waals surface area contributed by atoms with E-state index in [0.717, 1.165) is 30.0 Å². The molecule has 0 radical (unpaired) electrons. The maximum Gasteiger partial charge on any atom is 0.246 e. The van der Waals surface area contributed by atoms with Crippen LogP contribution in [0.15, 0.2) is 60.7 Å². The standard InChI is InChI=1S/C28H35N3O4/c1-34-25-10-8-23(9-11-25)26(30-17-19-35-20-18-30)21-29-28(33)24-13-15-31(16-14-24)27(32)12-7-22-5-3-2-4-6-22/h2-12,24,26H,13-21H2,1H3,(H,29,33)/b12-7+/t26-/m0/s1. The Morgan fingerprint density at radius 3 is 2.37 bits per heavy atom. The van der Waals surface area contributed by atoms with Crippen LogP contribution in [0.5, 0.6) is 5.75 Å². The van der Waals surface area contributed by atoms with Crippen LogP contribution in [0.1, 0.15) is 30.0 Å². The Morgan fingerprint density at radius 1 is 1.03 bits per heavy atom. The topological polar surface area (TPSA) is 71.1 Å². The van der Waals surface area contributed by atoms with Crippen LogP contribution in [-0.2, 0) is 14.3 Å². The van der Waals surface area contributed by atoms with Gasteiger partial charge in [0.2, 0.25) is 11.8 Å². The lowest BCUT2D eigenvalue weighted by atomic mass is 9.95. The van der Waals surface area contributed by atoms with Gasteiger partial charge in [0.25, 0.3) is 0 Å². The van der Waals surface area contributed by atoms with Gasteiger partial charge in [0.1, 0.15) is 5.75 Å². The first-order valence-corrected chi connectivity index (χ1v) is 12.4. The molecule has 0 bridgehead atoms. The Bertz CT molecular complexity index is 979. The smallest absolute Gasteiger partial charge is 0.246 e. The Kier molecular flexibility index (Phi) is 8.92. The lowest BCUT2D eigenvalue weighted by Crippen LogP contribution is -2.46. The maximum absolute atomic E-state index is 13.0. The lowest BCUT2D eigenvalue weighted by molar-refractivity contribution is -0.132. The SMILES string of the molecule is COc1ccc([C@H](CNC(=O)C2CCN(C(=O)/C=C/c3ccccc3)CC2)N2CCOCC2)cc1.